The van der Waals surface area contributed by atoms with Gasteiger partial charge in [-0.25, -0.2) is 4.39 Å². The molecule has 2 aliphatic rings. The maximum atomic E-state index is 13.1. The van der Waals surface area contributed by atoms with Gasteiger partial charge in [-0.15, -0.1) is 0 Å². The van der Waals surface area contributed by atoms with Crippen LogP contribution in [0.25, 0.3) is 0 Å². The third kappa shape index (κ3) is 3.90. The topological polar surface area (TPSA) is 74.5 Å². The first kappa shape index (κ1) is 18.7. The second kappa shape index (κ2) is 7.09. The van der Waals surface area contributed by atoms with Crippen molar-refractivity contribution in [3.8, 4) is 0 Å². The van der Waals surface area contributed by atoms with E-state index in [2.05, 4.69) is 9.73 Å². The maximum Gasteiger partial charge on any atom is 0.417 e. The van der Waals surface area contributed by atoms with Gasteiger partial charge in [0.05, 0.1) is 6.61 Å². The quantitative estimate of drug-likeness (QED) is 0.705. The van der Waals surface area contributed by atoms with Crippen molar-refractivity contribution in [2.24, 2.45) is 4.99 Å². The first-order chi connectivity index (χ1) is 10.7. The smallest absolute Gasteiger partial charge is 0.388 e. The first-order valence-electron chi connectivity index (χ1n) is 6.84. The van der Waals surface area contributed by atoms with Crippen molar-refractivity contribution in [3.63, 3.8) is 0 Å². The number of amidine groups is 1. The van der Waals surface area contributed by atoms with E-state index in [9.17, 15) is 27.8 Å². The number of aliphatic hydroxyl groups is 2. The van der Waals surface area contributed by atoms with Crippen molar-refractivity contribution in [1.82, 2.24) is 4.90 Å². The Bertz CT molecular complexity index is 451. The molecule has 0 spiro atoms. The number of aliphatic imine (C=N–C) groups is 1. The van der Waals surface area contributed by atoms with E-state index in [-0.39, 0.29) is 0 Å². The van der Waals surface area contributed by atoms with Gasteiger partial charge >= 0.3 is 6.18 Å². The van der Waals surface area contributed by atoms with Gasteiger partial charge < -0.3 is 24.6 Å². The number of nitrogens with zero attached hydrogens (tertiary/aromatic N) is 2. The normalized spacial score (nSPS) is 35.7. The molecule has 1 unspecified atom stereocenters. The molecule has 2 aliphatic heterocycles. The van der Waals surface area contributed by atoms with Gasteiger partial charge in [-0.1, -0.05) is 11.8 Å². The van der Waals surface area contributed by atoms with Crippen molar-refractivity contribution >= 4 is 16.9 Å². The summed E-state index contributed by atoms with van der Waals surface area (Å²) in [5.41, 5.74) is -0.880. The van der Waals surface area contributed by atoms with Crippen LogP contribution in [-0.4, -0.2) is 89.7 Å². The standard InChI is InChI=1S/C12H18F4N2O4S/c1-18(2)11-17-5-6(19)7(20)8(22-10(5)23-11)9(12(14,15)16)21-4-3-13/h5-10,19-20H,3-4H2,1-2H3/t5-,6-,7+,8?,9-,10-/m1/s1. The van der Waals surface area contributed by atoms with Crippen LogP contribution in [0, 0.1) is 0 Å². The Morgan fingerprint density at radius 1 is 1.35 bits per heavy atom. The molecule has 2 N–H and O–H groups in total. The molecule has 1 fully saturated rings. The minimum atomic E-state index is -4.87. The van der Waals surface area contributed by atoms with Gasteiger partial charge in [0.25, 0.3) is 0 Å². The number of hydrogen-bond donors (Lipinski definition) is 2. The number of thioether (sulfide) groups is 1. The van der Waals surface area contributed by atoms with Gasteiger partial charge in [-0.3, -0.25) is 4.99 Å². The predicted molar refractivity (Wildman–Crippen MR) is 74.9 cm³/mol. The van der Waals surface area contributed by atoms with E-state index in [0.717, 1.165) is 11.8 Å². The summed E-state index contributed by atoms with van der Waals surface area (Å²) in [6.45, 7) is -1.89. The van der Waals surface area contributed by atoms with Gasteiger partial charge in [0.1, 0.15) is 36.5 Å². The molecular weight excluding hydrogens is 344 g/mol. The molecule has 0 bridgehead atoms. The Morgan fingerprint density at radius 3 is 2.52 bits per heavy atom. The fourth-order valence-electron chi connectivity index (χ4n) is 2.39. The molecule has 134 valence electrons. The van der Waals surface area contributed by atoms with E-state index in [1.165, 1.54) is 0 Å². The molecule has 11 heteroatoms. The zero-order valence-corrected chi connectivity index (χ0v) is 13.2. The number of halogens is 4. The number of aliphatic hydroxyl groups excluding tert-OH is 2. The molecule has 1 saturated heterocycles. The Morgan fingerprint density at radius 2 is 2.00 bits per heavy atom. The largest absolute Gasteiger partial charge is 0.417 e. The van der Waals surface area contributed by atoms with E-state index < -0.39 is 55.4 Å². The second-order valence-electron chi connectivity index (χ2n) is 5.39. The highest BCUT2D eigenvalue weighted by atomic mass is 32.2. The van der Waals surface area contributed by atoms with Gasteiger partial charge in [-0.05, 0) is 0 Å². The van der Waals surface area contributed by atoms with Crippen LogP contribution in [0.1, 0.15) is 0 Å². The van der Waals surface area contributed by atoms with Crippen molar-refractivity contribution in [3.05, 3.63) is 0 Å². The van der Waals surface area contributed by atoms with Crippen LogP contribution in [0.15, 0.2) is 4.99 Å². The Balaban J connectivity index is 2.18. The van der Waals surface area contributed by atoms with Gasteiger partial charge in [0, 0.05) is 14.1 Å². The number of rotatable bonds is 4. The highest BCUT2D eigenvalue weighted by Gasteiger charge is 2.57. The van der Waals surface area contributed by atoms with Crippen molar-refractivity contribution in [2.45, 2.75) is 42.1 Å². The summed E-state index contributed by atoms with van der Waals surface area (Å²) in [6, 6.07) is -0.876. The highest BCUT2D eigenvalue weighted by Crippen LogP contribution is 2.40. The highest BCUT2D eigenvalue weighted by molar-refractivity contribution is 8.14. The maximum absolute atomic E-state index is 13.1. The Labute approximate surface area is 134 Å². The van der Waals surface area contributed by atoms with E-state index in [1.54, 1.807) is 19.0 Å². The Hall–Kier alpha value is -0.620. The monoisotopic (exact) mass is 362 g/mol. The molecule has 0 radical (unpaired) electrons. The van der Waals surface area contributed by atoms with Crippen molar-refractivity contribution < 1.29 is 37.2 Å². The lowest BCUT2D eigenvalue weighted by molar-refractivity contribution is -0.284. The zero-order valence-electron chi connectivity index (χ0n) is 12.4. The molecule has 6 nitrogen and oxygen atoms in total. The molecule has 0 amide bonds. The van der Waals surface area contributed by atoms with E-state index in [4.69, 9.17) is 4.74 Å². The fraction of sp³-hybridized carbons (Fsp3) is 0.917. The average molecular weight is 362 g/mol. The predicted octanol–water partition coefficient (Wildman–Crippen LogP) is 0.383. The minimum absolute atomic E-state index is 0.472. The van der Waals surface area contributed by atoms with Crippen LogP contribution in [-0.2, 0) is 9.47 Å². The lowest BCUT2D eigenvalue weighted by Crippen LogP contribution is -2.61. The molecule has 6 atom stereocenters. The Kier molecular flexibility index (Phi) is 5.77. The molecule has 2 rings (SSSR count). The zero-order chi connectivity index (χ0) is 17.4. The summed E-state index contributed by atoms with van der Waals surface area (Å²) in [5.74, 6) is 0. The summed E-state index contributed by atoms with van der Waals surface area (Å²) in [7, 11) is 3.37. The molecule has 23 heavy (non-hydrogen) atoms. The third-order valence-electron chi connectivity index (χ3n) is 3.47. The number of hydrogen-bond acceptors (Lipinski definition) is 7. The number of ether oxygens (including phenoxy) is 2. The molecule has 0 aromatic carbocycles. The van der Waals surface area contributed by atoms with Gasteiger partial charge in [0.15, 0.2) is 11.3 Å². The summed E-state index contributed by atoms with van der Waals surface area (Å²) in [5, 5.41) is 20.6. The fourth-order valence-corrected chi connectivity index (χ4v) is 3.53. The molecule has 2 heterocycles. The van der Waals surface area contributed by atoms with Crippen molar-refractivity contribution in [2.75, 3.05) is 27.4 Å². The minimum Gasteiger partial charge on any atom is -0.388 e. The summed E-state index contributed by atoms with van der Waals surface area (Å²) in [4.78, 5) is 5.77. The van der Waals surface area contributed by atoms with Crippen LogP contribution >= 0.6 is 11.8 Å². The first-order valence-corrected chi connectivity index (χ1v) is 7.72. The summed E-state index contributed by atoms with van der Waals surface area (Å²) >= 11 is 1.05. The van der Waals surface area contributed by atoms with Crippen LogP contribution in [0.2, 0.25) is 0 Å². The average Bonchev–Trinajstić information content (AvgIpc) is 2.87. The lowest BCUT2D eigenvalue weighted by Gasteiger charge is -2.41. The second-order valence-corrected chi connectivity index (χ2v) is 6.45. The van der Waals surface area contributed by atoms with E-state index >= 15 is 0 Å². The van der Waals surface area contributed by atoms with Crippen LogP contribution in [0.4, 0.5) is 17.6 Å². The van der Waals surface area contributed by atoms with Crippen LogP contribution in [0.5, 0.6) is 0 Å². The van der Waals surface area contributed by atoms with Gasteiger partial charge in [-0.2, -0.15) is 13.2 Å². The lowest BCUT2D eigenvalue weighted by atomic mass is 9.94. The van der Waals surface area contributed by atoms with Crippen LogP contribution < -0.4 is 0 Å². The third-order valence-corrected chi connectivity index (χ3v) is 4.77. The summed E-state index contributed by atoms with van der Waals surface area (Å²) in [6.07, 6.45) is -12.7. The summed E-state index contributed by atoms with van der Waals surface area (Å²) < 4.78 is 61.3. The number of fused-ring (bicyclic) bond motifs is 1. The molecule has 0 saturated carbocycles. The molecule has 0 aromatic heterocycles. The SMILES string of the molecule is CN(C)C1=N[C@@H]2[C@@H](O)[C@H](O)C([C@@H](OCCF)C(F)(F)F)O[C@@H]2S1. The molecule has 0 aliphatic carbocycles. The van der Waals surface area contributed by atoms with E-state index in [1.807, 2.05) is 0 Å². The van der Waals surface area contributed by atoms with Crippen molar-refractivity contribution in [1.29, 1.82) is 0 Å². The number of alkyl halides is 4. The van der Waals surface area contributed by atoms with Gasteiger partial charge in [0.2, 0.25) is 0 Å². The molecule has 0 aromatic rings. The van der Waals surface area contributed by atoms with Crippen LogP contribution in [0.3, 0.4) is 0 Å². The molecular formula is C12H18F4N2O4S. The van der Waals surface area contributed by atoms with E-state index in [0.29, 0.717) is 5.17 Å².